The second-order valence-electron chi connectivity index (χ2n) is 3.16. The number of amidine groups is 1. The Morgan fingerprint density at radius 3 is 2.68 bits per heavy atom. The van der Waals surface area contributed by atoms with Gasteiger partial charge in [0, 0.05) is 12.1 Å². The first-order valence-electron chi connectivity index (χ1n) is 4.57. The average molecular weight is 280 g/mol. The molecule has 11 heteroatoms. The molecule has 0 aromatic carbocycles. The number of oxime groups is 1. The number of nitro groups is 1. The van der Waals surface area contributed by atoms with Gasteiger partial charge in [0.1, 0.15) is 0 Å². The van der Waals surface area contributed by atoms with E-state index in [1.54, 1.807) is 0 Å². The van der Waals surface area contributed by atoms with Crippen molar-refractivity contribution in [3.63, 3.8) is 0 Å². The van der Waals surface area contributed by atoms with Crippen molar-refractivity contribution in [2.24, 2.45) is 10.9 Å². The van der Waals surface area contributed by atoms with Crippen molar-refractivity contribution in [3.05, 3.63) is 27.9 Å². The molecule has 0 saturated heterocycles. The normalized spacial score (nSPS) is 12.3. The first kappa shape index (κ1) is 14.5. The van der Waals surface area contributed by atoms with E-state index >= 15 is 0 Å². The number of rotatable bonds is 4. The SMILES string of the molecule is N/C(=N/O)c1nc(OCC(F)(F)F)ccc1[N+](=O)[O-]. The summed E-state index contributed by atoms with van der Waals surface area (Å²) in [4.78, 5) is 13.1. The minimum atomic E-state index is -4.58. The largest absolute Gasteiger partial charge is 0.468 e. The molecule has 1 heterocycles. The van der Waals surface area contributed by atoms with Crippen molar-refractivity contribution in [1.82, 2.24) is 4.98 Å². The summed E-state index contributed by atoms with van der Waals surface area (Å²) in [6.07, 6.45) is -4.58. The van der Waals surface area contributed by atoms with Crippen LogP contribution < -0.4 is 10.5 Å². The van der Waals surface area contributed by atoms with Gasteiger partial charge in [0.15, 0.2) is 18.1 Å². The fraction of sp³-hybridized carbons (Fsp3) is 0.250. The Kier molecular flexibility index (Phi) is 4.09. The first-order chi connectivity index (χ1) is 8.74. The molecule has 1 aromatic heterocycles. The minimum absolute atomic E-state index is 0.537. The molecule has 0 atom stereocenters. The standard InChI is InChI=1S/C8H7F3N4O4/c9-8(10,11)3-19-5-2-1-4(15(17)18)6(13-5)7(12)14-16/h1-2,16H,3H2,(H2,12,14). The van der Waals surface area contributed by atoms with Gasteiger partial charge < -0.3 is 15.7 Å². The van der Waals surface area contributed by atoms with E-state index in [4.69, 9.17) is 10.9 Å². The molecule has 1 aromatic rings. The zero-order valence-electron chi connectivity index (χ0n) is 9.09. The van der Waals surface area contributed by atoms with Gasteiger partial charge in [0.25, 0.3) is 5.69 Å². The highest BCUT2D eigenvalue weighted by molar-refractivity contribution is 5.98. The zero-order valence-corrected chi connectivity index (χ0v) is 9.09. The molecule has 0 saturated carbocycles. The summed E-state index contributed by atoms with van der Waals surface area (Å²) in [6, 6.07) is 1.71. The number of nitrogens with two attached hydrogens (primary N) is 1. The molecule has 1 rings (SSSR count). The van der Waals surface area contributed by atoms with Crippen molar-refractivity contribution in [1.29, 1.82) is 0 Å². The van der Waals surface area contributed by atoms with Gasteiger partial charge >= 0.3 is 6.18 Å². The number of hydrogen-bond acceptors (Lipinski definition) is 6. The van der Waals surface area contributed by atoms with Gasteiger partial charge in [-0.2, -0.15) is 13.2 Å². The second-order valence-corrected chi connectivity index (χ2v) is 3.16. The summed E-state index contributed by atoms with van der Waals surface area (Å²) in [5.74, 6) is -1.26. The zero-order chi connectivity index (χ0) is 14.6. The minimum Gasteiger partial charge on any atom is -0.468 e. The summed E-state index contributed by atoms with van der Waals surface area (Å²) in [7, 11) is 0. The van der Waals surface area contributed by atoms with Crippen LogP contribution in [0.25, 0.3) is 0 Å². The summed E-state index contributed by atoms with van der Waals surface area (Å²) in [5.41, 5.74) is 3.92. The number of hydrogen-bond donors (Lipinski definition) is 2. The maximum Gasteiger partial charge on any atom is 0.422 e. The van der Waals surface area contributed by atoms with Crippen LogP contribution in [0.1, 0.15) is 5.69 Å². The lowest BCUT2D eigenvalue weighted by Gasteiger charge is -2.09. The molecule has 104 valence electrons. The maximum atomic E-state index is 11.9. The summed E-state index contributed by atoms with van der Waals surface area (Å²) in [6.45, 7) is -1.62. The van der Waals surface area contributed by atoms with E-state index in [1.807, 2.05) is 0 Å². The summed E-state index contributed by atoms with van der Waals surface area (Å²) in [5, 5.41) is 21.5. The van der Waals surface area contributed by atoms with Gasteiger partial charge in [-0.15, -0.1) is 0 Å². The van der Waals surface area contributed by atoms with Crippen molar-refractivity contribution >= 4 is 11.5 Å². The molecular formula is C8H7F3N4O4. The first-order valence-corrected chi connectivity index (χ1v) is 4.57. The van der Waals surface area contributed by atoms with Crippen LogP contribution in [-0.4, -0.2) is 33.7 Å². The molecule has 0 aliphatic rings. The third kappa shape index (κ3) is 3.97. The van der Waals surface area contributed by atoms with E-state index in [9.17, 15) is 23.3 Å². The molecule has 0 amide bonds. The molecule has 8 nitrogen and oxygen atoms in total. The topological polar surface area (TPSA) is 124 Å². The van der Waals surface area contributed by atoms with Gasteiger partial charge in [-0.1, -0.05) is 5.16 Å². The van der Waals surface area contributed by atoms with Crippen molar-refractivity contribution in [3.8, 4) is 5.88 Å². The van der Waals surface area contributed by atoms with Gasteiger partial charge in [0.2, 0.25) is 5.88 Å². The predicted octanol–water partition coefficient (Wildman–Crippen LogP) is 1.03. The molecule has 0 unspecified atom stereocenters. The monoisotopic (exact) mass is 280 g/mol. The molecule has 0 aliphatic heterocycles. The van der Waals surface area contributed by atoms with Crippen LogP contribution >= 0.6 is 0 Å². The van der Waals surface area contributed by atoms with Crippen molar-refractivity contribution in [2.75, 3.05) is 6.61 Å². The van der Waals surface area contributed by atoms with E-state index in [2.05, 4.69) is 14.9 Å². The Morgan fingerprint density at radius 2 is 2.21 bits per heavy atom. The van der Waals surface area contributed by atoms with Gasteiger partial charge in [-0.05, 0) is 0 Å². The smallest absolute Gasteiger partial charge is 0.422 e. The lowest BCUT2D eigenvalue weighted by molar-refractivity contribution is -0.385. The maximum absolute atomic E-state index is 11.9. The van der Waals surface area contributed by atoms with Crippen LogP contribution in [0.15, 0.2) is 17.3 Å². The molecule has 19 heavy (non-hydrogen) atoms. The van der Waals surface area contributed by atoms with E-state index in [0.29, 0.717) is 0 Å². The quantitative estimate of drug-likeness (QED) is 0.279. The molecule has 3 N–H and O–H groups in total. The van der Waals surface area contributed by atoms with Gasteiger partial charge in [-0.3, -0.25) is 10.1 Å². The van der Waals surface area contributed by atoms with E-state index in [1.165, 1.54) is 0 Å². The summed E-state index contributed by atoms with van der Waals surface area (Å²) < 4.78 is 40.1. The highest BCUT2D eigenvalue weighted by Gasteiger charge is 2.29. The molecule has 0 aliphatic carbocycles. The lowest BCUT2D eigenvalue weighted by atomic mass is 10.3. The number of pyridine rings is 1. The Morgan fingerprint density at radius 1 is 1.58 bits per heavy atom. The second kappa shape index (κ2) is 5.37. The van der Waals surface area contributed by atoms with Crippen LogP contribution in [-0.2, 0) is 0 Å². The lowest BCUT2D eigenvalue weighted by Crippen LogP contribution is -2.21. The molecule has 0 bridgehead atoms. The Bertz CT molecular complexity index is 517. The molecular weight excluding hydrogens is 273 g/mol. The third-order valence-electron chi connectivity index (χ3n) is 1.78. The van der Waals surface area contributed by atoms with Gasteiger partial charge in [-0.25, -0.2) is 4.98 Å². The van der Waals surface area contributed by atoms with E-state index in [0.717, 1.165) is 12.1 Å². The number of halogens is 3. The third-order valence-corrected chi connectivity index (χ3v) is 1.78. The van der Waals surface area contributed by atoms with E-state index < -0.39 is 40.8 Å². The summed E-state index contributed by atoms with van der Waals surface area (Å²) >= 11 is 0. The van der Waals surface area contributed by atoms with Crippen molar-refractivity contribution in [2.45, 2.75) is 6.18 Å². The van der Waals surface area contributed by atoms with Crippen LogP contribution in [0.5, 0.6) is 5.88 Å². The Balaban J connectivity index is 3.09. The van der Waals surface area contributed by atoms with Crippen molar-refractivity contribution < 1.29 is 28.0 Å². The van der Waals surface area contributed by atoms with Crippen LogP contribution in [0.2, 0.25) is 0 Å². The highest BCUT2D eigenvalue weighted by atomic mass is 19.4. The van der Waals surface area contributed by atoms with Crippen LogP contribution in [0.4, 0.5) is 18.9 Å². The molecule has 0 radical (unpaired) electrons. The Labute approximate surface area is 103 Å². The fourth-order valence-corrected chi connectivity index (χ4v) is 1.05. The highest BCUT2D eigenvalue weighted by Crippen LogP contribution is 2.22. The number of nitrogens with zero attached hydrogens (tertiary/aromatic N) is 3. The number of ether oxygens (including phenoxy) is 1. The van der Waals surface area contributed by atoms with E-state index in [-0.39, 0.29) is 0 Å². The molecule has 0 fully saturated rings. The Hall–Kier alpha value is -2.59. The fourth-order valence-electron chi connectivity index (χ4n) is 1.05. The van der Waals surface area contributed by atoms with Gasteiger partial charge in [0.05, 0.1) is 4.92 Å². The van der Waals surface area contributed by atoms with Crippen LogP contribution in [0, 0.1) is 10.1 Å². The average Bonchev–Trinajstić information content (AvgIpc) is 2.34. The number of alkyl halides is 3. The number of aromatic nitrogens is 1. The van der Waals surface area contributed by atoms with Crippen LogP contribution in [0.3, 0.4) is 0 Å². The molecule has 0 spiro atoms. The predicted molar refractivity (Wildman–Crippen MR) is 55.0 cm³/mol.